The van der Waals surface area contributed by atoms with Crippen LogP contribution in [-0.4, -0.2) is 15.1 Å². The summed E-state index contributed by atoms with van der Waals surface area (Å²) in [5, 5.41) is 0. The Morgan fingerprint density at radius 2 is 2.17 bits per heavy atom. The van der Waals surface area contributed by atoms with E-state index in [0.29, 0.717) is 5.92 Å². The molecule has 0 unspecified atom stereocenters. The van der Waals surface area contributed by atoms with Crippen molar-refractivity contribution in [2.24, 2.45) is 12.8 Å². The van der Waals surface area contributed by atoms with E-state index in [-0.39, 0.29) is 5.54 Å². The van der Waals surface area contributed by atoms with Gasteiger partial charge in [0.2, 0.25) is 0 Å². The van der Waals surface area contributed by atoms with Crippen LogP contribution in [0.2, 0.25) is 0 Å². The fourth-order valence-electron chi connectivity index (χ4n) is 2.82. The van der Waals surface area contributed by atoms with Crippen LogP contribution in [0, 0.1) is 0 Å². The predicted octanol–water partition coefficient (Wildman–Crippen LogP) is 2.48. The zero-order valence-corrected chi connectivity index (χ0v) is 10.8. The average Bonchev–Trinajstić information content (AvgIpc) is 3.24. The molecule has 1 heterocycles. The minimum atomic E-state index is 0.0851. The Morgan fingerprint density at radius 1 is 1.39 bits per heavy atom. The van der Waals surface area contributed by atoms with E-state index < -0.39 is 0 Å². The second-order valence-electron chi connectivity index (χ2n) is 6.17. The maximum Gasteiger partial charge on any atom is 0.112 e. The van der Waals surface area contributed by atoms with Crippen molar-refractivity contribution in [3.05, 3.63) is 29.6 Å². The van der Waals surface area contributed by atoms with Gasteiger partial charge in [0.15, 0.2) is 0 Å². The Morgan fingerprint density at radius 3 is 2.83 bits per heavy atom. The van der Waals surface area contributed by atoms with Crippen molar-refractivity contribution in [3.63, 3.8) is 0 Å². The molecule has 94 valence electrons. The van der Waals surface area contributed by atoms with E-state index >= 15 is 0 Å². The minimum Gasteiger partial charge on any atom is -0.331 e. The number of aryl methyl sites for hydroxylation is 1. The molecule has 0 spiro atoms. The Labute approximate surface area is 107 Å². The molecule has 0 amide bonds. The van der Waals surface area contributed by atoms with E-state index in [2.05, 4.69) is 29.8 Å². The summed E-state index contributed by atoms with van der Waals surface area (Å²) in [5.74, 6) is 1.96. The van der Waals surface area contributed by atoms with Crippen molar-refractivity contribution >= 4 is 11.0 Å². The van der Waals surface area contributed by atoms with Gasteiger partial charge < -0.3 is 10.3 Å². The first-order valence-corrected chi connectivity index (χ1v) is 6.89. The van der Waals surface area contributed by atoms with Crippen LogP contribution < -0.4 is 5.73 Å². The Bertz CT molecular complexity index is 618. The zero-order valence-electron chi connectivity index (χ0n) is 10.8. The summed E-state index contributed by atoms with van der Waals surface area (Å²) in [5.41, 5.74) is 10.0. The molecule has 1 aromatic carbocycles. The van der Waals surface area contributed by atoms with E-state index in [1.54, 1.807) is 0 Å². The highest BCUT2D eigenvalue weighted by atomic mass is 15.1. The number of hydrogen-bond acceptors (Lipinski definition) is 2. The van der Waals surface area contributed by atoms with Crippen molar-refractivity contribution in [3.8, 4) is 0 Å². The fraction of sp³-hybridized carbons (Fsp3) is 0.533. The molecule has 0 saturated heterocycles. The van der Waals surface area contributed by atoms with E-state index in [4.69, 9.17) is 10.7 Å². The van der Waals surface area contributed by atoms with E-state index in [1.165, 1.54) is 42.6 Å². The zero-order chi connectivity index (χ0) is 12.3. The molecule has 2 N–H and O–H groups in total. The van der Waals surface area contributed by atoms with Crippen molar-refractivity contribution in [1.82, 2.24) is 9.55 Å². The summed E-state index contributed by atoms with van der Waals surface area (Å²) in [7, 11) is 2.13. The number of rotatable bonds is 3. The first-order chi connectivity index (χ1) is 8.65. The van der Waals surface area contributed by atoms with Crippen molar-refractivity contribution in [2.45, 2.75) is 43.6 Å². The molecule has 1 aromatic heterocycles. The highest BCUT2D eigenvalue weighted by molar-refractivity contribution is 5.77. The third-order valence-corrected chi connectivity index (χ3v) is 4.37. The third kappa shape index (κ3) is 1.65. The monoisotopic (exact) mass is 241 g/mol. The molecule has 0 bridgehead atoms. The molecule has 0 atom stereocenters. The fourth-order valence-corrected chi connectivity index (χ4v) is 2.82. The normalized spacial score (nSPS) is 21.4. The second kappa shape index (κ2) is 3.35. The van der Waals surface area contributed by atoms with Gasteiger partial charge in [0.05, 0.1) is 11.0 Å². The van der Waals surface area contributed by atoms with Gasteiger partial charge in [0.25, 0.3) is 0 Å². The summed E-state index contributed by atoms with van der Waals surface area (Å²) in [6.07, 6.45) is 5.94. The topological polar surface area (TPSA) is 43.8 Å². The molecule has 0 radical (unpaired) electrons. The van der Waals surface area contributed by atoms with E-state index in [1.807, 2.05) is 0 Å². The lowest BCUT2D eigenvalue weighted by atomic mass is 10.0. The SMILES string of the molecule is Cn1c(C2CC2)nc2cc(CC3(N)CC3)ccc21. The lowest BCUT2D eigenvalue weighted by Crippen LogP contribution is -2.24. The first-order valence-electron chi connectivity index (χ1n) is 6.89. The van der Waals surface area contributed by atoms with E-state index in [0.717, 1.165) is 11.9 Å². The maximum absolute atomic E-state index is 6.19. The molecule has 3 heteroatoms. The summed E-state index contributed by atoms with van der Waals surface area (Å²) < 4.78 is 2.26. The number of nitrogens with zero attached hydrogens (tertiary/aromatic N) is 2. The highest BCUT2D eigenvalue weighted by Gasteiger charge is 2.38. The number of nitrogens with two attached hydrogens (primary N) is 1. The average molecular weight is 241 g/mol. The maximum atomic E-state index is 6.19. The van der Waals surface area contributed by atoms with Crippen LogP contribution in [0.1, 0.15) is 43.0 Å². The van der Waals surface area contributed by atoms with E-state index in [9.17, 15) is 0 Å². The smallest absolute Gasteiger partial charge is 0.112 e. The van der Waals surface area contributed by atoms with Gasteiger partial charge in [-0.2, -0.15) is 0 Å². The van der Waals surface area contributed by atoms with Crippen molar-refractivity contribution < 1.29 is 0 Å². The molecule has 2 aromatic rings. The highest BCUT2D eigenvalue weighted by Crippen LogP contribution is 2.40. The second-order valence-corrected chi connectivity index (χ2v) is 6.17. The molecule has 4 rings (SSSR count). The van der Waals surface area contributed by atoms with Gasteiger partial charge in [-0.15, -0.1) is 0 Å². The third-order valence-electron chi connectivity index (χ3n) is 4.37. The van der Waals surface area contributed by atoms with Gasteiger partial charge in [-0.25, -0.2) is 4.98 Å². The first kappa shape index (κ1) is 10.6. The molecular formula is C15H19N3. The number of hydrogen-bond donors (Lipinski definition) is 1. The molecule has 2 aliphatic carbocycles. The van der Waals surface area contributed by atoms with Crippen LogP contribution in [0.5, 0.6) is 0 Å². The summed E-state index contributed by atoms with van der Waals surface area (Å²) in [6, 6.07) is 6.65. The molecule has 18 heavy (non-hydrogen) atoms. The lowest BCUT2D eigenvalue weighted by Gasteiger charge is -2.08. The van der Waals surface area contributed by atoms with Crippen molar-refractivity contribution in [2.75, 3.05) is 0 Å². The van der Waals surface area contributed by atoms with Gasteiger partial charge in [0, 0.05) is 18.5 Å². The molecule has 2 fully saturated rings. The largest absolute Gasteiger partial charge is 0.331 e. The van der Waals surface area contributed by atoms with Crippen LogP contribution in [0.4, 0.5) is 0 Å². The van der Waals surface area contributed by atoms with Crippen LogP contribution in [0.3, 0.4) is 0 Å². The Hall–Kier alpha value is -1.35. The quantitative estimate of drug-likeness (QED) is 0.897. The molecule has 2 aliphatic rings. The molecular weight excluding hydrogens is 222 g/mol. The Kier molecular flexibility index (Phi) is 1.97. The Balaban J connectivity index is 1.75. The van der Waals surface area contributed by atoms with Gasteiger partial charge in [0.1, 0.15) is 5.82 Å². The number of aromatic nitrogens is 2. The van der Waals surface area contributed by atoms with Gasteiger partial charge in [-0.3, -0.25) is 0 Å². The van der Waals surface area contributed by atoms with Crippen LogP contribution in [0.15, 0.2) is 18.2 Å². The number of benzene rings is 1. The lowest BCUT2D eigenvalue weighted by molar-refractivity contribution is 0.672. The van der Waals surface area contributed by atoms with Crippen molar-refractivity contribution in [1.29, 1.82) is 0 Å². The van der Waals surface area contributed by atoms with Gasteiger partial charge in [-0.05, 0) is 49.8 Å². The predicted molar refractivity (Wildman–Crippen MR) is 72.5 cm³/mol. The minimum absolute atomic E-state index is 0.0851. The van der Waals surface area contributed by atoms with Gasteiger partial charge in [-0.1, -0.05) is 6.07 Å². The van der Waals surface area contributed by atoms with Crippen LogP contribution in [-0.2, 0) is 13.5 Å². The molecule has 0 aliphatic heterocycles. The number of imidazole rings is 1. The molecule has 2 saturated carbocycles. The number of fused-ring (bicyclic) bond motifs is 1. The standard InChI is InChI=1S/C15H19N3/c1-18-13-5-2-10(9-15(16)6-7-15)8-12(13)17-14(18)11-3-4-11/h2,5,8,11H,3-4,6-7,9,16H2,1H3. The summed E-state index contributed by atoms with van der Waals surface area (Å²) in [6.45, 7) is 0. The summed E-state index contributed by atoms with van der Waals surface area (Å²) in [4.78, 5) is 4.81. The van der Waals surface area contributed by atoms with Crippen LogP contribution in [0.25, 0.3) is 11.0 Å². The summed E-state index contributed by atoms with van der Waals surface area (Å²) >= 11 is 0. The molecule has 3 nitrogen and oxygen atoms in total. The van der Waals surface area contributed by atoms with Gasteiger partial charge >= 0.3 is 0 Å². The van der Waals surface area contributed by atoms with Crippen LogP contribution >= 0.6 is 0 Å².